The summed E-state index contributed by atoms with van der Waals surface area (Å²) < 4.78 is 5.25. The first kappa shape index (κ1) is 14.0. The average Bonchev–Trinajstić information content (AvgIpc) is 2.46. The molecule has 0 fully saturated rings. The van der Waals surface area contributed by atoms with Crippen LogP contribution in [0.5, 0.6) is 5.75 Å². The topological polar surface area (TPSA) is 9.23 Å². The van der Waals surface area contributed by atoms with Crippen molar-refractivity contribution in [3.63, 3.8) is 0 Å². The molecular weight excluding hydrogens is 252 g/mol. The van der Waals surface area contributed by atoms with Crippen molar-refractivity contribution >= 4 is 11.8 Å². The van der Waals surface area contributed by atoms with Crippen molar-refractivity contribution in [1.82, 2.24) is 0 Å². The van der Waals surface area contributed by atoms with Gasteiger partial charge in [0.05, 0.1) is 7.11 Å². The van der Waals surface area contributed by atoms with Gasteiger partial charge in [-0.2, -0.15) is 0 Å². The summed E-state index contributed by atoms with van der Waals surface area (Å²) in [5.74, 6) is 2.56. The van der Waals surface area contributed by atoms with Crippen molar-refractivity contribution in [2.24, 2.45) is 0 Å². The fraction of sp³-hybridized carbons (Fsp3) is 0.294. The summed E-state index contributed by atoms with van der Waals surface area (Å²) in [6.07, 6.45) is 0. The molecule has 0 radical (unpaired) electrons. The Hall–Kier alpha value is -1.41. The van der Waals surface area contributed by atoms with Gasteiger partial charge >= 0.3 is 0 Å². The molecule has 0 spiro atoms. The van der Waals surface area contributed by atoms with Gasteiger partial charge < -0.3 is 4.74 Å². The van der Waals surface area contributed by atoms with Crippen LogP contribution in [0.4, 0.5) is 0 Å². The molecule has 0 aromatic heterocycles. The molecule has 2 aromatic rings. The van der Waals surface area contributed by atoms with E-state index >= 15 is 0 Å². The number of aryl methyl sites for hydroxylation is 1. The Morgan fingerprint density at radius 2 is 1.84 bits per heavy atom. The molecule has 0 saturated carbocycles. The number of thioether (sulfide) groups is 1. The van der Waals surface area contributed by atoms with Gasteiger partial charge in [-0.1, -0.05) is 42.8 Å². The fourth-order valence-corrected chi connectivity index (χ4v) is 2.91. The molecule has 0 aliphatic rings. The van der Waals surface area contributed by atoms with E-state index in [1.165, 1.54) is 16.0 Å². The molecule has 0 heterocycles. The Labute approximate surface area is 120 Å². The van der Waals surface area contributed by atoms with Gasteiger partial charge in [0.25, 0.3) is 0 Å². The van der Waals surface area contributed by atoms with Crippen LogP contribution >= 0.6 is 11.8 Å². The van der Waals surface area contributed by atoms with Crippen LogP contribution in [0.2, 0.25) is 0 Å². The van der Waals surface area contributed by atoms with Crippen molar-refractivity contribution in [1.29, 1.82) is 0 Å². The molecule has 2 rings (SSSR count). The van der Waals surface area contributed by atoms with E-state index in [9.17, 15) is 0 Å². The lowest BCUT2D eigenvalue weighted by atomic mass is 10.0. The van der Waals surface area contributed by atoms with Crippen LogP contribution < -0.4 is 4.74 Å². The van der Waals surface area contributed by atoms with E-state index in [1.807, 2.05) is 23.9 Å². The number of hydrogen-bond donors (Lipinski definition) is 0. The highest BCUT2D eigenvalue weighted by Crippen LogP contribution is 2.28. The minimum atomic E-state index is 0.553. The Kier molecular flexibility index (Phi) is 4.92. The van der Waals surface area contributed by atoms with Crippen molar-refractivity contribution in [2.45, 2.75) is 24.7 Å². The van der Waals surface area contributed by atoms with Crippen LogP contribution in [0.1, 0.15) is 24.0 Å². The number of benzene rings is 2. The maximum atomic E-state index is 5.25. The summed E-state index contributed by atoms with van der Waals surface area (Å²) >= 11 is 1.88. The van der Waals surface area contributed by atoms with Gasteiger partial charge in [0.1, 0.15) is 5.75 Å². The Bertz CT molecular complexity index is 519. The zero-order valence-corrected chi connectivity index (χ0v) is 12.5. The van der Waals surface area contributed by atoms with Crippen LogP contribution in [-0.2, 0) is 0 Å². The molecule has 2 heteroatoms. The number of ether oxygens (including phenoxy) is 1. The van der Waals surface area contributed by atoms with E-state index in [4.69, 9.17) is 4.74 Å². The lowest BCUT2D eigenvalue weighted by Crippen LogP contribution is -1.96. The van der Waals surface area contributed by atoms with Gasteiger partial charge in [-0.3, -0.25) is 0 Å². The van der Waals surface area contributed by atoms with Gasteiger partial charge in [-0.05, 0) is 36.6 Å². The molecular formula is C17H20OS. The predicted molar refractivity (Wildman–Crippen MR) is 83.3 cm³/mol. The molecule has 1 atom stereocenters. The highest BCUT2D eigenvalue weighted by atomic mass is 32.2. The highest BCUT2D eigenvalue weighted by Gasteiger charge is 2.06. The molecule has 0 N–H and O–H groups in total. The zero-order chi connectivity index (χ0) is 13.7. The van der Waals surface area contributed by atoms with Crippen molar-refractivity contribution in [3.05, 3.63) is 59.7 Å². The lowest BCUT2D eigenvalue weighted by molar-refractivity contribution is 0.413. The second-order valence-electron chi connectivity index (χ2n) is 4.80. The normalized spacial score (nSPS) is 12.2. The van der Waals surface area contributed by atoms with E-state index in [0.29, 0.717) is 5.92 Å². The van der Waals surface area contributed by atoms with Crippen LogP contribution in [0.15, 0.2) is 53.4 Å². The molecule has 19 heavy (non-hydrogen) atoms. The fourth-order valence-electron chi connectivity index (χ4n) is 1.90. The van der Waals surface area contributed by atoms with Crippen LogP contribution in [0.25, 0.3) is 0 Å². The third-order valence-corrected chi connectivity index (χ3v) is 4.44. The monoisotopic (exact) mass is 272 g/mol. The van der Waals surface area contributed by atoms with Gasteiger partial charge in [0, 0.05) is 10.6 Å². The number of methoxy groups -OCH3 is 1. The first-order valence-corrected chi connectivity index (χ1v) is 7.51. The van der Waals surface area contributed by atoms with Gasteiger partial charge in [-0.15, -0.1) is 11.8 Å². The van der Waals surface area contributed by atoms with E-state index in [-0.39, 0.29) is 0 Å². The Morgan fingerprint density at radius 1 is 1.11 bits per heavy atom. The predicted octanol–water partition coefficient (Wildman–Crippen LogP) is 4.90. The molecule has 0 aliphatic heterocycles. The zero-order valence-electron chi connectivity index (χ0n) is 11.7. The van der Waals surface area contributed by atoms with Gasteiger partial charge in [0.15, 0.2) is 0 Å². The van der Waals surface area contributed by atoms with E-state index in [0.717, 1.165) is 11.5 Å². The maximum absolute atomic E-state index is 5.25. The molecule has 0 amide bonds. The summed E-state index contributed by atoms with van der Waals surface area (Å²) in [7, 11) is 1.71. The maximum Gasteiger partial charge on any atom is 0.119 e. The van der Waals surface area contributed by atoms with Crippen molar-refractivity contribution < 1.29 is 4.74 Å². The van der Waals surface area contributed by atoms with Gasteiger partial charge in [-0.25, -0.2) is 0 Å². The summed E-state index contributed by atoms with van der Waals surface area (Å²) in [4.78, 5) is 1.26. The van der Waals surface area contributed by atoms with Crippen molar-refractivity contribution in [3.8, 4) is 5.75 Å². The molecule has 1 nitrogen and oxygen atoms in total. The summed E-state index contributed by atoms with van der Waals surface area (Å²) in [5, 5.41) is 0. The Balaban J connectivity index is 1.96. The SMILES string of the molecule is COc1cccc(SCC(C)c2ccc(C)cc2)c1. The largest absolute Gasteiger partial charge is 0.497 e. The molecule has 0 bridgehead atoms. The summed E-state index contributed by atoms with van der Waals surface area (Å²) in [6, 6.07) is 17.1. The van der Waals surface area contributed by atoms with Crippen LogP contribution in [-0.4, -0.2) is 12.9 Å². The minimum absolute atomic E-state index is 0.553. The van der Waals surface area contributed by atoms with E-state index in [1.54, 1.807) is 7.11 Å². The summed E-state index contributed by atoms with van der Waals surface area (Å²) in [6.45, 7) is 4.40. The smallest absolute Gasteiger partial charge is 0.119 e. The average molecular weight is 272 g/mol. The standard InChI is InChI=1S/C17H20OS/c1-13-7-9-15(10-8-13)14(2)12-19-17-6-4-5-16(11-17)18-3/h4-11,14H,12H2,1-3H3. The van der Waals surface area contributed by atoms with Gasteiger partial charge in [0.2, 0.25) is 0 Å². The van der Waals surface area contributed by atoms with Crippen LogP contribution in [0.3, 0.4) is 0 Å². The first-order valence-electron chi connectivity index (χ1n) is 6.52. The molecule has 100 valence electrons. The second-order valence-corrected chi connectivity index (χ2v) is 5.90. The number of hydrogen-bond acceptors (Lipinski definition) is 2. The lowest BCUT2D eigenvalue weighted by Gasteiger charge is -2.12. The molecule has 0 aliphatic carbocycles. The quantitative estimate of drug-likeness (QED) is 0.716. The Morgan fingerprint density at radius 3 is 2.53 bits per heavy atom. The molecule has 0 saturated heterocycles. The molecule has 2 aromatic carbocycles. The molecule has 1 unspecified atom stereocenters. The van der Waals surface area contributed by atoms with E-state index in [2.05, 4.69) is 50.2 Å². The number of rotatable bonds is 5. The third-order valence-electron chi connectivity index (χ3n) is 3.19. The van der Waals surface area contributed by atoms with Crippen LogP contribution in [0, 0.1) is 6.92 Å². The van der Waals surface area contributed by atoms with Crippen molar-refractivity contribution in [2.75, 3.05) is 12.9 Å². The minimum Gasteiger partial charge on any atom is -0.497 e. The second kappa shape index (κ2) is 6.67. The summed E-state index contributed by atoms with van der Waals surface area (Å²) in [5.41, 5.74) is 2.72. The highest BCUT2D eigenvalue weighted by molar-refractivity contribution is 7.99. The first-order chi connectivity index (χ1) is 9.19. The van der Waals surface area contributed by atoms with E-state index < -0.39 is 0 Å². The third kappa shape index (κ3) is 4.03.